The largest absolute Gasteiger partial charge is 0.325 e. The van der Waals surface area contributed by atoms with Crippen LogP contribution < -0.4 is 5.32 Å². The number of hydrogen-bond donors (Lipinski definition) is 1. The molecule has 0 spiro atoms. The third kappa shape index (κ3) is 5.33. The molecule has 0 radical (unpaired) electrons. The van der Waals surface area contributed by atoms with Crippen LogP contribution in [0.2, 0.25) is 0 Å². The van der Waals surface area contributed by atoms with Gasteiger partial charge in [0.25, 0.3) is 0 Å². The van der Waals surface area contributed by atoms with Crippen molar-refractivity contribution >= 4 is 40.5 Å². The smallest absolute Gasteiger partial charge is 0.234 e. The fraction of sp³-hybridized carbons (Fsp3) is 0.333. The molecule has 3 rings (SSSR count). The third-order valence-corrected chi connectivity index (χ3v) is 6.31. The average molecular weight is 429 g/mol. The van der Waals surface area contributed by atoms with Crippen LogP contribution >= 0.6 is 23.1 Å². The molecule has 6 nitrogen and oxygen atoms in total. The summed E-state index contributed by atoms with van der Waals surface area (Å²) in [5.74, 6) is 0.949. The molecule has 152 valence electrons. The topological polar surface area (TPSA) is 76.9 Å². The molecule has 0 saturated heterocycles. The highest BCUT2D eigenvalue weighted by Gasteiger charge is 2.16. The van der Waals surface area contributed by atoms with E-state index in [0.29, 0.717) is 11.3 Å². The van der Waals surface area contributed by atoms with E-state index in [1.54, 1.807) is 35.6 Å². The van der Waals surface area contributed by atoms with E-state index in [1.807, 2.05) is 11.5 Å². The summed E-state index contributed by atoms with van der Waals surface area (Å²) in [6.45, 7) is 6.47. The number of rotatable bonds is 9. The molecule has 8 heteroatoms. The maximum atomic E-state index is 12.3. The predicted molar refractivity (Wildman–Crippen MR) is 119 cm³/mol. The number of anilines is 1. The zero-order valence-corrected chi connectivity index (χ0v) is 18.4. The molecule has 0 atom stereocenters. The lowest BCUT2D eigenvalue weighted by atomic mass is 10.1. The molecular formula is C21H24N4O2S2. The van der Waals surface area contributed by atoms with Gasteiger partial charge in [-0.05, 0) is 50.6 Å². The number of benzene rings is 1. The molecule has 0 saturated carbocycles. The van der Waals surface area contributed by atoms with Crippen molar-refractivity contribution in [1.82, 2.24) is 14.8 Å². The van der Waals surface area contributed by atoms with Crippen LogP contribution in [0.5, 0.6) is 0 Å². The molecular weight excluding hydrogens is 404 g/mol. The van der Waals surface area contributed by atoms with Gasteiger partial charge >= 0.3 is 0 Å². The Kier molecular flexibility index (Phi) is 7.22. The summed E-state index contributed by atoms with van der Waals surface area (Å²) in [5, 5.41) is 14.3. The summed E-state index contributed by atoms with van der Waals surface area (Å²) >= 11 is 3.11. The summed E-state index contributed by atoms with van der Waals surface area (Å²) in [6.07, 6.45) is 2.19. The third-order valence-electron chi connectivity index (χ3n) is 4.35. The maximum absolute atomic E-state index is 12.3. The van der Waals surface area contributed by atoms with Gasteiger partial charge in [0.1, 0.15) is 0 Å². The monoisotopic (exact) mass is 428 g/mol. The van der Waals surface area contributed by atoms with E-state index in [1.165, 1.54) is 23.6 Å². The van der Waals surface area contributed by atoms with E-state index >= 15 is 0 Å². The van der Waals surface area contributed by atoms with Crippen molar-refractivity contribution in [3.8, 4) is 11.4 Å². The molecule has 1 aromatic carbocycles. The minimum atomic E-state index is -0.126. The first-order chi connectivity index (χ1) is 14.0. The summed E-state index contributed by atoms with van der Waals surface area (Å²) < 4.78 is 2.04. The van der Waals surface area contributed by atoms with Gasteiger partial charge < -0.3 is 9.88 Å². The molecule has 1 N–H and O–H groups in total. The Morgan fingerprint density at radius 1 is 1.17 bits per heavy atom. The number of nitrogens with zero attached hydrogens (tertiary/aromatic N) is 3. The Labute approximate surface area is 178 Å². The minimum Gasteiger partial charge on any atom is -0.325 e. The molecule has 3 aromatic rings. The maximum Gasteiger partial charge on any atom is 0.234 e. The van der Waals surface area contributed by atoms with Gasteiger partial charge in [-0.15, -0.1) is 21.5 Å². The summed E-state index contributed by atoms with van der Waals surface area (Å²) in [4.78, 5) is 25.0. The predicted octanol–water partition coefficient (Wildman–Crippen LogP) is 4.91. The summed E-state index contributed by atoms with van der Waals surface area (Å²) in [6, 6.07) is 9.06. The van der Waals surface area contributed by atoms with Gasteiger partial charge in [0.15, 0.2) is 16.8 Å². The second-order valence-corrected chi connectivity index (χ2v) is 8.51. The van der Waals surface area contributed by atoms with Crippen molar-refractivity contribution in [3.05, 3.63) is 46.2 Å². The van der Waals surface area contributed by atoms with Gasteiger partial charge in [-0.2, -0.15) is 0 Å². The lowest BCUT2D eigenvalue weighted by molar-refractivity contribution is -0.113. The van der Waals surface area contributed by atoms with Crippen molar-refractivity contribution in [2.24, 2.45) is 0 Å². The van der Waals surface area contributed by atoms with E-state index in [4.69, 9.17) is 0 Å². The van der Waals surface area contributed by atoms with Crippen molar-refractivity contribution in [2.75, 3.05) is 11.1 Å². The van der Waals surface area contributed by atoms with Crippen LogP contribution in [-0.2, 0) is 17.8 Å². The molecule has 0 aliphatic carbocycles. The number of aryl methyl sites for hydroxylation is 1. The van der Waals surface area contributed by atoms with Crippen molar-refractivity contribution in [2.45, 2.75) is 45.3 Å². The highest BCUT2D eigenvalue weighted by molar-refractivity contribution is 7.99. The number of carbonyl (C=O) groups is 2. The first-order valence-electron chi connectivity index (χ1n) is 9.56. The lowest BCUT2D eigenvalue weighted by Crippen LogP contribution is -2.14. The second-order valence-electron chi connectivity index (χ2n) is 6.57. The van der Waals surface area contributed by atoms with Gasteiger partial charge in [-0.1, -0.05) is 25.1 Å². The fourth-order valence-corrected chi connectivity index (χ4v) is 4.66. The lowest BCUT2D eigenvalue weighted by Gasteiger charge is -2.07. The van der Waals surface area contributed by atoms with E-state index in [9.17, 15) is 9.59 Å². The number of nitrogens with one attached hydrogen (secondary N) is 1. The first-order valence-corrected chi connectivity index (χ1v) is 11.4. The summed E-state index contributed by atoms with van der Waals surface area (Å²) in [5.41, 5.74) is 2.37. The second kappa shape index (κ2) is 9.84. The van der Waals surface area contributed by atoms with Gasteiger partial charge in [0.2, 0.25) is 5.91 Å². The van der Waals surface area contributed by atoms with Crippen LogP contribution in [0.25, 0.3) is 11.4 Å². The molecule has 29 heavy (non-hydrogen) atoms. The number of Topliss-reactive ketones (excluding diaryl/α,β-unsaturated/α-hetero) is 1. The number of amides is 1. The van der Waals surface area contributed by atoms with Crippen LogP contribution in [0.1, 0.15) is 42.4 Å². The Balaban J connectivity index is 1.63. The molecule has 2 aromatic heterocycles. The van der Waals surface area contributed by atoms with Crippen LogP contribution in [-0.4, -0.2) is 32.2 Å². The number of hydrogen-bond acceptors (Lipinski definition) is 6. The van der Waals surface area contributed by atoms with Crippen LogP contribution in [0.4, 0.5) is 5.69 Å². The van der Waals surface area contributed by atoms with Gasteiger partial charge in [-0.25, -0.2) is 0 Å². The molecule has 0 bridgehead atoms. The van der Waals surface area contributed by atoms with Crippen LogP contribution in [0.15, 0.2) is 40.9 Å². The average Bonchev–Trinajstić information content (AvgIpc) is 3.33. The zero-order valence-electron chi connectivity index (χ0n) is 16.8. The number of aromatic nitrogens is 3. The normalized spacial score (nSPS) is 10.9. The van der Waals surface area contributed by atoms with E-state index in [0.717, 1.165) is 35.9 Å². The van der Waals surface area contributed by atoms with Crippen molar-refractivity contribution in [3.63, 3.8) is 0 Å². The Morgan fingerprint density at radius 3 is 2.59 bits per heavy atom. The Bertz CT molecular complexity index is 993. The number of thiophene rings is 1. The molecule has 0 aliphatic rings. The van der Waals surface area contributed by atoms with Crippen LogP contribution in [0.3, 0.4) is 0 Å². The van der Waals surface area contributed by atoms with E-state index in [2.05, 4.69) is 33.9 Å². The van der Waals surface area contributed by atoms with Crippen LogP contribution in [0, 0.1) is 0 Å². The number of ketones is 1. The zero-order chi connectivity index (χ0) is 20.8. The van der Waals surface area contributed by atoms with Gasteiger partial charge in [-0.3, -0.25) is 9.59 Å². The first kappa shape index (κ1) is 21.3. The SMILES string of the molecule is CCCc1cc(-c2nnc(SCC(=O)Nc3ccc(C(C)=O)cc3)n2CC)cs1. The molecule has 2 heterocycles. The molecule has 0 aliphatic heterocycles. The minimum absolute atomic E-state index is 0.000533. The highest BCUT2D eigenvalue weighted by Crippen LogP contribution is 2.28. The quantitative estimate of drug-likeness (QED) is 0.387. The van der Waals surface area contributed by atoms with Gasteiger partial charge in [0.05, 0.1) is 5.75 Å². The van der Waals surface area contributed by atoms with Crippen molar-refractivity contribution in [1.29, 1.82) is 0 Å². The number of carbonyl (C=O) groups excluding carboxylic acids is 2. The fourth-order valence-electron chi connectivity index (χ4n) is 2.88. The Hall–Kier alpha value is -2.45. The molecule has 1 amide bonds. The number of thioether (sulfide) groups is 1. The Morgan fingerprint density at radius 2 is 1.93 bits per heavy atom. The molecule has 0 unspecified atom stereocenters. The van der Waals surface area contributed by atoms with Crippen molar-refractivity contribution < 1.29 is 9.59 Å². The highest BCUT2D eigenvalue weighted by atomic mass is 32.2. The molecule has 0 fully saturated rings. The summed E-state index contributed by atoms with van der Waals surface area (Å²) in [7, 11) is 0. The van der Waals surface area contributed by atoms with E-state index < -0.39 is 0 Å². The van der Waals surface area contributed by atoms with Gasteiger partial charge in [0, 0.05) is 33.6 Å². The van der Waals surface area contributed by atoms with E-state index in [-0.39, 0.29) is 17.4 Å². The standard InChI is InChI=1S/C21H24N4O2S2/c1-4-6-18-11-16(12-28-18)20-23-24-21(25(20)5-2)29-13-19(27)22-17-9-7-15(8-10-17)14(3)26/h7-12H,4-6,13H2,1-3H3,(H,22,27).